The Bertz CT molecular complexity index is 296. The van der Waals surface area contributed by atoms with Crippen molar-refractivity contribution in [1.82, 2.24) is 5.32 Å². The number of nitrogens with one attached hydrogen (secondary N) is 1. The fourth-order valence-corrected chi connectivity index (χ4v) is 2.06. The molecule has 1 aromatic heterocycles. The minimum Gasteiger partial charge on any atom is -0.354 e. The molecule has 0 saturated carbocycles. The van der Waals surface area contributed by atoms with Gasteiger partial charge in [-0.2, -0.15) is 0 Å². The van der Waals surface area contributed by atoms with E-state index in [0.717, 1.165) is 9.21 Å². The molecule has 0 aliphatic carbocycles. The Morgan fingerprint density at radius 1 is 1.62 bits per heavy atom. The minimum atomic E-state index is 0.0496. The largest absolute Gasteiger partial charge is 0.354 e. The maximum absolute atomic E-state index is 11.3. The molecule has 0 fully saturated rings. The highest BCUT2D eigenvalue weighted by molar-refractivity contribution is 7.16. The van der Waals surface area contributed by atoms with Gasteiger partial charge in [-0.05, 0) is 26.0 Å². The number of rotatable bonds is 3. The average Bonchev–Trinajstić information content (AvgIpc) is 2.33. The maximum Gasteiger partial charge on any atom is 0.225 e. The topological polar surface area (TPSA) is 29.1 Å². The van der Waals surface area contributed by atoms with Crippen LogP contribution in [0.25, 0.3) is 0 Å². The van der Waals surface area contributed by atoms with Crippen molar-refractivity contribution in [2.75, 3.05) is 0 Å². The lowest BCUT2D eigenvalue weighted by Crippen LogP contribution is -2.31. The molecule has 0 aliphatic rings. The van der Waals surface area contributed by atoms with Crippen molar-refractivity contribution < 1.29 is 4.79 Å². The Hall–Kier alpha value is -0.540. The SMILES string of the molecule is CC(C)NC(=O)Cc1ccc(Cl)s1. The second-order valence-electron chi connectivity index (χ2n) is 3.10. The summed E-state index contributed by atoms with van der Waals surface area (Å²) >= 11 is 7.18. The van der Waals surface area contributed by atoms with Crippen LogP contribution in [0.4, 0.5) is 0 Å². The van der Waals surface area contributed by atoms with Crippen LogP contribution in [-0.4, -0.2) is 11.9 Å². The van der Waals surface area contributed by atoms with E-state index in [4.69, 9.17) is 11.6 Å². The third kappa shape index (κ3) is 3.79. The van der Waals surface area contributed by atoms with E-state index in [1.165, 1.54) is 11.3 Å². The zero-order valence-corrected chi connectivity index (χ0v) is 9.21. The van der Waals surface area contributed by atoms with Gasteiger partial charge in [0.2, 0.25) is 5.91 Å². The molecule has 0 radical (unpaired) electrons. The lowest BCUT2D eigenvalue weighted by atomic mass is 10.3. The molecule has 0 aliphatic heterocycles. The van der Waals surface area contributed by atoms with Crippen LogP contribution in [0.15, 0.2) is 12.1 Å². The van der Waals surface area contributed by atoms with Crippen LogP contribution in [0.5, 0.6) is 0 Å². The first-order valence-corrected chi connectivity index (χ1v) is 5.31. The van der Waals surface area contributed by atoms with Gasteiger partial charge < -0.3 is 5.32 Å². The number of hydrogen-bond donors (Lipinski definition) is 1. The van der Waals surface area contributed by atoms with Gasteiger partial charge in [0.25, 0.3) is 0 Å². The monoisotopic (exact) mass is 217 g/mol. The van der Waals surface area contributed by atoms with E-state index in [-0.39, 0.29) is 11.9 Å². The normalized spacial score (nSPS) is 10.5. The summed E-state index contributed by atoms with van der Waals surface area (Å²) in [6.45, 7) is 3.89. The van der Waals surface area contributed by atoms with Crippen molar-refractivity contribution in [3.05, 3.63) is 21.3 Å². The van der Waals surface area contributed by atoms with Crippen molar-refractivity contribution in [1.29, 1.82) is 0 Å². The molecular formula is C9H12ClNOS. The van der Waals surface area contributed by atoms with Gasteiger partial charge in [0.1, 0.15) is 0 Å². The van der Waals surface area contributed by atoms with E-state index >= 15 is 0 Å². The molecule has 0 atom stereocenters. The Morgan fingerprint density at radius 2 is 2.31 bits per heavy atom. The average molecular weight is 218 g/mol. The summed E-state index contributed by atoms with van der Waals surface area (Å²) in [4.78, 5) is 12.3. The molecule has 13 heavy (non-hydrogen) atoms. The van der Waals surface area contributed by atoms with Crippen molar-refractivity contribution in [3.8, 4) is 0 Å². The molecule has 0 spiro atoms. The Balaban J connectivity index is 2.45. The standard InChI is InChI=1S/C9H12ClNOS/c1-6(2)11-9(12)5-7-3-4-8(10)13-7/h3-4,6H,5H2,1-2H3,(H,11,12). The molecule has 4 heteroatoms. The molecule has 0 saturated heterocycles. The molecule has 1 rings (SSSR count). The first kappa shape index (κ1) is 10.5. The number of amides is 1. The fraction of sp³-hybridized carbons (Fsp3) is 0.444. The fourth-order valence-electron chi connectivity index (χ4n) is 0.978. The predicted molar refractivity (Wildman–Crippen MR) is 56.3 cm³/mol. The van der Waals surface area contributed by atoms with E-state index in [9.17, 15) is 4.79 Å². The van der Waals surface area contributed by atoms with Crippen LogP contribution in [0.1, 0.15) is 18.7 Å². The zero-order chi connectivity index (χ0) is 9.84. The van der Waals surface area contributed by atoms with Gasteiger partial charge in [-0.15, -0.1) is 11.3 Å². The van der Waals surface area contributed by atoms with E-state index in [1.54, 1.807) is 0 Å². The summed E-state index contributed by atoms with van der Waals surface area (Å²) in [5.41, 5.74) is 0. The number of halogens is 1. The lowest BCUT2D eigenvalue weighted by Gasteiger charge is -2.06. The van der Waals surface area contributed by atoms with Crippen LogP contribution in [0.3, 0.4) is 0 Å². The second kappa shape index (κ2) is 4.63. The van der Waals surface area contributed by atoms with Crippen LogP contribution < -0.4 is 5.32 Å². The lowest BCUT2D eigenvalue weighted by molar-refractivity contribution is -0.120. The smallest absolute Gasteiger partial charge is 0.225 e. The van der Waals surface area contributed by atoms with Gasteiger partial charge in [0.05, 0.1) is 10.8 Å². The molecule has 0 unspecified atom stereocenters. The molecule has 1 amide bonds. The van der Waals surface area contributed by atoms with E-state index in [2.05, 4.69) is 5.32 Å². The van der Waals surface area contributed by atoms with Crippen molar-refractivity contribution in [3.63, 3.8) is 0 Å². The predicted octanol–water partition coefficient (Wildman–Crippen LogP) is 2.47. The summed E-state index contributed by atoms with van der Waals surface area (Å²) in [7, 11) is 0. The Kier molecular flexibility index (Phi) is 3.75. The van der Waals surface area contributed by atoms with Crippen molar-refractivity contribution in [2.45, 2.75) is 26.3 Å². The summed E-state index contributed by atoms with van der Waals surface area (Å²) in [5.74, 6) is 0.0496. The molecule has 72 valence electrons. The number of carbonyl (C=O) groups is 1. The van der Waals surface area contributed by atoms with Gasteiger partial charge in [-0.1, -0.05) is 11.6 Å². The summed E-state index contributed by atoms with van der Waals surface area (Å²) < 4.78 is 0.729. The first-order valence-electron chi connectivity index (χ1n) is 4.11. The molecule has 1 N–H and O–H groups in total. The summed E-state index contributed by atoms with van der Waals surface area (Å²) in [6, 6.07) is 3.89. The zero-order valence-electron chi connectivity index (χ0n) is 7.63. The van der Waals surface area contributed by atoms with E-state index < -0.39 is 0 Å². The van der Waals surface area contributed by atoms with Crippen molar-refractivity contribution >= 4 is 28.8 Å². The maximum atomic E-state index is 11.3. The quantitative estimate of drug-likeness (QED) is 0.828. The van der Waals surface area contributed by atoms with Gasteiger partial charge >= 0.3 is 0 Å². The van der Waals surface area contributed by atoms with Crippen LogP contribution in [-0.2, 0) is 11.2 Å². The van der Waals surface area contributed by atoms with E-state index in [0.29, 0.717) is 6.42 Å². The molecule has 0 bridgehead atoms. The van der Waals surface area contributed by atoms with Gasteiger partial charge in [-0.25, -0.2) is 0 Å². The third-order valence-corrected chi connectivity index (χ3v) is 2.64. The van der Waals surface area contributed by atoms with Crippen LogP contribution in [0.2, 0.25) is 4.34 Å². The summed E-state index contributed by atoms with van der Waals surface area (Å²) in [6.07, 6.45) is 0.426. The van der Waals surface area contributed by atoms with Gasteiger partial charge in [0.15, 0.2) is 0 Å². The van der Waals surface area contributed by atoms with Crippen molar-refractivity contribution in [2.24, 2.45) is 0 Å². The van der Waals surface area contributed by atoms with E-state index in [1.807, 2.05) is 26.0 Å². The minimum absolute atomic E-state index is 0.0496. The number of hydrogen-bond acceptors (Lipinski definition) is 2. The Morgan fingerprint density at radius 3 is 2.77 bits per heavy atom. The highest BCUT2D eigenvalue weighted by atomic mass is 35.5. The number of carbonyl (C=O) groups excluding carboxylic acids is 1. The molecule has 1 aromatic rings. The van der Waals surface area contributed by atoms with Gasteiger partial charge in [0, 0.05) is 10.9 Å². The molecule has 0 aromatic carbocycles. The molecule has 1 heterocycles. The first-order chi connectivity index (χ1) is 6.08. The summed E-state index contributed by atoms with van der Waals surface area (Å²) in [5, 5.41) is 2.83. The number of thiophene rings is 1. The molecule has 2 nitrogen and oxygen atoms in total. The van der Waals surface area contributed by atoms with Gasteiger partial charge in [-0.3, -0.25) is 4.79 Å². The Labute approximate surface area is 86.9 Å². The third-order valence-electron chi connectivity index (χ3n) is 1.41. The molecular weight excluding hydrogens is 206 g/mol. The van der Waals surface area contributed by atoms with Crippen LogP contribution in [0, 0.1) is 0 Å². The van der Waals surface area contributed by atoms with Crippen LogP contribution >= 0.6 is 22.9 Å². The second-order valence-corrected chi connectivity index (χ2v) is 4.90. The highest BCUT2D eigenvalue weighted by Crippen LogP contribution is 2.21. The highest BCUT2D eigenvalue weighted by Gasteiger charge is 2.06.